The lowest BCUT2D eigenvalue weighted by Crippen LogP contribution is -2.44. The van der Waals surface area contributed by atoms with Crippen molar-refractivity contribution in [1.82, 2.24) is 20.4 Å². The van der Waals surface area contributed by atoms with Gasteiger partial charge in [-0.2, -0.15) is 18.3 Å². The Labute approximate surface area is 197 Å². The van der Waals surface area contributed by atoms with Crippen molar-refractivity contribution in [1.29, 1.82) is 0 Å². The average molecular weight is 555 g/mol. The molecule has 7 nitrogen and oxygen atoms in total. The van der Waals surface area contributed by atoms with Gasteiger partial charge >= 0.3 is 6.18 Å². The normalized spacial score (nSPS) is 14.0. The zero-order valence-corrected chi connectivity index (χ0v) is 20.1. The lowest BCUT2D eigenvalue weighted by Gasteiger charge is -2.23. The van der Waals surface area contributed by atoms with E-state index in [9.17, 15) is 18.3 Å². The van der Waals surface area contributed by atoms with Gasteiger partial charge in [-0.05, 0) is 25.0 Å². The van der Waals surface area contributed by atoms with Gasteiger partial charge < -0.3 is 20.5 Å². The van der Waals surface area contributed by atoms with Crippen LogP contribution < -0.4 is 10.6 Å². The number of alkyl halides is 3. The van der Waals surface area contributed by atoms with Gasteiger partial charge in [0, 0.05) is 25.4 Å². The number of hydrogen-bond donors (Lipinski definition) is 3. The van der Waals surface area contributed by atoms with Crippen molar-refractivity contribution in [3.8, 4) is 0 Å². The number of nitrogens with zero attached hydrogens (tertiary/aromatic N) is 3. The highest BCUT2D eigenvalue weighted by Crippen LogP contribution is 2.18. The molecule has 3 N–H and O–H groups in total. The summed E-state index contributed by atoms with van der Waals surface area (Å²) in [6, 6.07) is 7.06. The number of aryl methyl sites for hydroxylation is 1. The van der Waals surface area contributed by atoms with Crippen LogP contribution in [0, 0.1) is 0 Å². The average Bonchev–Trinajstić information content (AvgIpc) is 3.11. The number of ether oxygens (including phenoxy) is 1. The van der Waals surface area contributed by atoms with Crippen LogP contribution in [0.15, 0.2) is 41.7 Å². The maximum absolute atomic E-state index is 12.2. The molecule has 0 fully saturated rings. The second-order valence-electron chi connectivity index (χ2n) is 7.15. The molecular weight excluding hydrogens is 526 g/mol. The van der Waals surface area contributed by atoms with E-state index in [1.54, 1.807) is 49.2 Å². The van der Waals surface area contributed by atoms with Gasteiger partial charge in [-0.3, -0.25) is 4.68 Å². The van der Waals surface area contributed by atoms with Crippen molar-refractivity contribution < 1.29 is 23.0 Å². The van der Waals surface area contributed by atoms with E-state index in [2.05, 4.69) is 20.7 Å². The largest absolute Gasteiger partial charge is 0.411 e. The topological polar surface area (TPSA) is 83.7 Å². The summed E-state index contributed by atoms with van der Waals surface area (Å²) in [6.45, 7) is 3.38. The fourth-order valence-corrected chi connectivity index (χ4v) is 2.67. The van der Waals surface area contributed by atoms with E-state index in [4.69, 9.17) is 4.74 Å². The van der Waals surface area contributed by atoms with Crippen molar-refractivity contribution in [3.63, 3.8) is 0 Å². The molecule has 0 bridgehead atoms. The van der Waals surface area contributed by atoms with Crippen LogP contribution in [0.4, 0.5) is 13.2 Å². The molecule has 0 aliphatic heterocycles. The fourth-order valence-electron chi connectivity index (χ4n) is 2.67. The molecule has 2 rings (SSSR count). The Balaban J connectivity index is 0.00000480. The Hall–Kier alpha value is -1.86. The van der Waals surface area contributed by atoms with Crippen molar-refractivity contribution in [3.05, 3.63) is 53.3 Å². The highest BCUT2D eigenvalue weighted by atomic mass is 127. The molecule has 2 aromatic rings. The number of rotatable bonds is 9. The molecule has 0 radical (unpaired) electrons. The highest BCUT2D eigenvalue weighted by molar-refractivity contribution is 14.0. The zero-order valence-electron chi connectivity index (χ0n) is 17.7. The van der Waals surface area contributed by atoms with Crippen molar-refractivity contribution in [2.24, 2.45) is 12.0 Å². The molecule has 1 aromatic carbocycles. The monoisotopic (exact) mass is 555 g/mol. The lowest BCUT2D eigenvalue weighted by atomic mass is 10.00. The fraction of sp³-hybridized carbons (Fsp3) is 0.500. The number of benzene rings is 1. The number of nitrogens with one attached hydrogen (secondary N) is 2. The number of aromatic nitrogens is 2. The quantitative estimate of drug-likeness (QED) is 0.252. The van der Waals surface area contributed by atoms with Crippen molar-refractivity contribution in [2.75, 3.05) is 19.7 Å². The Bertz CT molecular complexity index is 840. The molecule has 0 saturated heterocycles. The first-order valence-corrected chi connectivity index (χ1v) is 9.55. The Morgan fingerprint density at radius 3 is 2.58 bits per heavy atom. The number of hydrogen-bond acceptors (Lipinski definition) is 4. The van der Waals surface area contributed by atoms with Gasteiger partial charge in [-0.25, -0.2) is 4.99 Å². The number of guanidine groups is 1. The maximum atomic E-state index is 12.2. The van der Waals surface area contributed by atoms with Crippen LogP contribution in [0.3, 0.4) is 0 Å². The Morgan fingerprint density at radius 2 is 1.97 bits per heavy atom. The van der Waals surface area contributed by atoms with E-state index in [-0.39, 0.29) is 37.1 Å². The maximum Gasteiger partial charge on any atom is 0.411 e. The molecule has 174 valence electrons. The van der Waals surface area contributed by atoms with E-state index in [1.165, 1.54) is 0 Å². The number of halogens is 4. The lowest BCUT2D eigenvalue weighted by molar-refractivity contribution is -0.176. The number of aliphatic hydroxyl groups is 1. The van der Waals surface area contributed by atoms with Crippen LogP contribution in [0.2, 0.25) is 0 Å². The van der Waals surface area contributed by atoms with Crippen LogP contribution in [-0.4, -0.2) is 46.7 Å². The first-order valence-electron chi connectivity index (χ1n) is 9.55. The molecule has 1 unspecified atom stereocenters. The van der Waals surface area contributed by atoms with E-state index in [0.717, 1.165) is 5.56 Å². The van der Waals surface area contributed by atoms with Crippen LogP contribution in [0.25, 0.3) is 0 Å². The van der Waals surface area contributed by atoms with Crippen LogP contribution in [0.5, 0.6) is 0 Å². The summed E-state index contributed by atoms with van der Waals surface area (Å²) in [5.41, 5.74) is 1.02. The minimum Gasteiger partial charge on any atom is -0.383 e. The molecule has 0 aliphatic rings. The molecular formula is C20H29F3IN5O2. The molecule has 0 spiro atoms. The van der Waals surface area contributed by atoms with E-state index in [0.29, 0.717) is 30.2 Å². The van der Waals surface area contributed by atoms with E-state index in [1.807, 2.05) is 13.0 Å². The second-order valence-corrected chi connectivity index (χ2v) is 7.15. The molecule has 1 aromatic heterocycles. The van der Waals surface area contributed by atoms with Gasteiger partial charge in [0.1, 0.15) is 12.2 Å². The minimum atomic E-state index is -4.34. The molecule has 31 heavy (non-hydrogen) atoms. The first-order chi connectivity index (χ1) is 14.1. The molecule has 0 saturated carbocycles. The molecule has 0 aliphatic carbocycles. The van der Waals surface area contributed by atoms with Crippen molar-refractivity contribution >= 4 is 29.9 Å². The third-order valence-corrected chi connectivity index (χ3v) is 4.22. The summed E-state index contributed by atoms with van der Waals surface area (Å²) in [7, 11) is 1.78. The van der Waals surface area contributed by atoms with Crippen LogP contribution in [-0.2, 0) is 30.5 Å². The highest BCUT2D eigenvalue weighted by Gasteiger charge is 2.27. The van der Waals surface area contributed by atoms with Gasteiger partial charge in [0.25, 0.3) is 0 Å². The van der Waals surface area contributed by atoms with E-state index >= 15 is 0 Å². The van der Waals surface area contributed by atoms with Gasteiger partial charge in [0.2, 0.25) is 0 Å². The van der Waals surface area contributed by atoms with Gasteiger partial charge in [-0.15, -0.1) is 24.0 Å². The third-order valence-electron chi connectivity index (χ3n) is 4.22. The summed E-state index contributed by atoms with van der Waals surface area (Å²) in [6.07, 6.45) is -0.985. The SMILES string of the molecule is CCNC(=NCc1cccc(COCC(F)(F)F)c1)NCC(C)(O)c1cnn(C)c1.I. The Morgan fingerprint density at radius 1 is 1.26 bits per heavy atom. The summed E-state index contributed by atoms with van der Waals surface area (Å²) in [5.74, 6) is 0.514. The van der Waals surface area contributed by atoms with Crippen molar-refractivity contribution in [2.45, 2.75) is 38.8 Å². The molecule has 1 heterocycles. The van der Waals surface area contributed by atoms with Gasteiger partial charge in [0.15, 0.2) is 5.96 Å². The molecule has 1 atom stereocenters. The third kappa shape index (κ3) is 9.87. The molecule has 11 heteroatoms. The predicted octanol–water partition coefficient (Wildman–Crippen LogP) is 3.08. The summed E-state index contributed by atoms with van der Waals surface area (Å²) >= 11 is 0. The zero-order chi connectivity index (χ0) is 22.2. The number of aliphatic imine (C=N–C) groups is 1. The summed E-state index contributed by atoms with van der Waals surface area (Å²) in [4.78, 5) is 4.49. The minimum absolute atomic E-state index is 0. The van der Waals surface area contributed by atoms with Crippen LogP contribution >= 0.6 is 24.0 Å². The van der Waals surface area contributed by atoms with Crippen LogP contribution in [0.1, 0.15) is 30.5 Å². The predicted molar refractivity (Wildman–Crippen MR) is 123 cm³/mol. The second kappa shape index (κ2) is 12.2. The van der Waals surface area contributed by atoms with Gasteiger partial charge in [0.05, 0.1) is 25.9 Å². The Kier molecular flexibility index (Phi) is 10.7. The summed E-state index contributed by atoms with van der Waals surface area (Å²) < 4.78 is 42.9. The van der Waals surface area contributed by atoms with E-state index < -0.39 is 18.4 Å². The standard InChI is InChI=1S/C20H28F3N5O2.HI/c1-4-24-18(26-13-19(2,29)17-10-27-28(3)11-17)25-9-15-6-5-7-16(8-15)12-30-14-20(21,22)23;/h5-8,10-11,29H,4,9,12-14H2,1-3H3,(H2,24,25,26);1H. The van der Waals surface area contributed by atoms with Gasteiger partial charge in [-0.1, -0.05) is 24.3 Å². The smallest absolute Gasteiger partial charge is 0.383 e. The first kappa shape index (κ1) is 27.2. The summed E-state index contributed by atoms with van der Waals surface area (Å²) in [5, 5.41) is 21.0. The molecule has 0 amide bonds.